The summed E-state index contributed by atoms with van der Waals surface area (Å²) in [5, 5.41) is 7.49. The van der Waals surface area contributed by atoms with Crippen molar-refractivity contribution in [2.75, 3.05) is 10.6 Å². The zero-order valence-electron chi connectivity index (χ0n) is 18.3. The van der Waals surface area contributed by atoms with Crippen molar-refractivity contribution in [2.45, 2.75) is 31.7 Å². The summed E-state index contributed by atoms with van der Waals surface area (Å²) in [7, 11) is 0. The molecule has 35 heavy (non-hydrogen) atoms. The molecule has 4 rings (SSSR count). The van der Waals surface area contributed by atoms with Crippen molar-refractivity contribution in [3.8, 4) is 0 Å². The van der Waals surface area contributed by atoms with E-state index in [1.165, 1.54) is 6.07 Å². The molecule has 1 unspecified atom stereocenters. The zero-order valence-corrected chi connectivity index (χ0v) is 18.3. The highest BCUT2D eigenvalue weighted by Crippen LogP contribution is 2.23. The second-order valence-electron chi connectivity index (χ2n) is 8.04. The Bertz CT molecular complexity index is 1280. The quantitative estimate of drug-likeness (QED) is 0.519. The molecule has 1 saturated heterocycles. The van der Waals surface area contributed by atoms with Crippen molar-refractivity contribution in [1.29, 1.82) is 0 Å². The molecule has 9 nitrogen and oxygen atoms in total. The summed E-state index contributed by atoms with van der Waals surface area (Å²) in [5.74, 6) is -4.95. The molecule has 3 N–H and O–H groups in total. The van der Waals surface area contributed by atoms with Crippen LogP contribution in [0.2, 0.25) is 0 Å². The number of nitrogens with one attached hydrogen (secondary N) is 3. The topological polar surface area (TPSA) is 125 Å². The molecule has 0 bridgehead atoms. The van der Waals surface area contributed by atoms with Crippen LogP contribution in [0.4, 0.5) is 20.2 Å². The molecule has 11 heteroatoms. The Hall–Kier alpha value is -4.41. The van der Waals surface area contributed by atoms with E-state index in [1.807, 2.05) is 0 Å². The number of anilines is 2. The highest BCUT2D eigenvalue weighted by molar-refractivity contribution is 6.20. The van der Waals surface area contributed by atoms with Gasteiger partial charge in [0.1, 0.15) is 11.7 Å². The van der Waals surface area contributed by atoms with Gasteiger partial charge in [-0.25, -0.2) is 8.78 Å². The average Bonchev–Trinajstić information content (AvgIpc) is 3.08. The van der Waals surface area contributed by atoms with Gasteiger partial charge in [0.15, 0.2) is 11.6 Å². The van der Waals surface area contributed by atoms with Crippen LogP contribution in [0.25, 0.3) is 0 Å². The number of hydrogen-bond donors (Lipinski definition) is 3. The molecule has 0 aliphatic carbocycles. The Kier molecular flexibility index (Phi) is 6.67. The summed E-state index contributed by atoms with van der Waals surface area (Å²) < 4.78 is 26.3. The predicted octanol–water partition coefficient (Wildman–Crippen LogP) is 2.01. The molecular weight excluding hydrogens is 462 g/mol. The highest BCUT2D eigenvalue weighted by Gasteiger charge is 2.42. The fraction of sp³-hybridized carbons (Fsp3) is 0.208. The molecular formula is C24H20F2N4O5. The van der Waals surface area contributed by atoms with Gasteiger partial charge < -0.3 is 10.6 Å². The third-order valence-corrected chi connectivity index (χ3v) is 5.53. The maximum Gasteiger partial charge on any atom is 0.278 e. The summed E-state index contributed by atoms with van der Waals surface area (Å²) in [6, 6.07) is 8.84. The van der Waals surface area contributed by atoms with Gasteiger partial charge in [0, 0.05) is 36.4 Å². The summed E-state index contributed by atoms with van der Waals surface area (Å²) in [6.45, 7) is 0. The van der Waals surface area contributed by atoms with Crippen LogP contribution in [0.1, 0.15) is 24.8 Å². The van der Waals surface area contributed by atoms with E-state index in [2.05, 4.69) is 16.0 Å². The van der Waals surface area contributed by atoms with E-state index < -0.39 is 47.2 Å². The van der Waals surface area contributed by atoms with Crippen LogP contribution in [0.15, 0.2) is 54.2 Å². The first kappa shape index (κ1) is 23.7. The molecule has 2 aromatic carbocycles. The van der Waals surface area contributed by atoms with E-state index in [-0.39, 0.29) is 30.6 Å². The van der Waals surface area contributed by atoms with Crippen molar-refractivity contribution in [2.24, 2.45) is 0 Å². The fourth-order valence-electron chi connectivity index (χ4n) is 3.81. The van der Waals surface area contributed by atoms with Gasteiger partial charge in [-0.1, -0.05) is 12.1 Å². The minimum absolute atomic E-state index is 0.0204. The molecule has 0 spiro atoms. The molecule has 0 radical (unpaired) electrons. The minimum atomic E-state index is -1.06. The second-order valence-corrected chi connectivity index (χ2v) is 8.04. The van der Waals surface area contributed by atoms with Gasteiger partial charge >= 0.3 is 0 Å². The molecule has 1 fully saturated rings. The van der Waals surface area contributed by atoms with Crippen molar-refractivity contribution in [3.63, 3.8) is 0 Å². The molecule has 2 aliphatic rings. The number of hydrogen-bond acceptors (Lipinski definition) is 6. The van der Waals surface area contributed by atoms with Gasteiger partial charge in [-0.15, -0.1) is 0 Å². The maximum absolute atomic E-state index is 13.3. The lowest BCUT2D eigenvalue weighted by molar-refractivity contribution is -0.149. The van der Waals surface area contributed by atoms with Gasteiger partial charge in [-0.3, -0.25) is 34.2 Å². The number of carbonyl (C=O) groups excluding carboxylic acids is 5. The smallest absolute Gasteiger partial charge is 0.278 e. The minimum Gasteiger partial charge on any atom is -0.351 e. The SMILES string of the molecule is O=C1CCC(N2C(=O)C=C(Nc3cccc(CCC(=O)Nc4ccc(F)c(F)c4)c3)C2=O)C(=O)N1. The number of aryl methyl sites for hydroxylation is 1. The third-order valence-electron chi connectivity index (χ3n) is 5.53. The first-order valence-electron chi connectivity index (χ1n) is 10.7. The predicted molar refractivity (Wildman–Crippen MR) is 119 cm³/mol. The van der Waals surface area contributed by atoms with E-state index in [0.717, 1.165) is 28.7 Å². The number of rotatable bonds is 7. The van der Waals surface area contributed by atoms with E-state index in [4.69, 9.17) is 0 Å². The number of imide groups is 2. The van der Waals surface area contributed by atoms with Crippen molar-refractivity contribution < 1.29 is 32.8 Å². The van der Waals surface area contributed by atoms with Crippen LogP contribution in [0, 0.1) is 11.6 Å². The molecule has 0 saturated carbocycles. The van der Waals surface area contributed by atoms with Crippen molar-refractivity contribution in [1.82, 2.24) is 10.2 Å². The molecule has 2 aromatic rings. The maximum atomic E-state index is 13.3. The monoisotopic (exact) mass is 482 g/mol. The highest BCUT2D eigenvalue weighted by atomic mass is 19.2. The second kappa shape index (κ2) is 9.84. The van der Waals surface area contributed by atoms with Crippen molar-refractivity contribution >= 4 is 40.9 Å². The van der Waals surface area contributed by atoms with E-state index in [1.54, 1.807) is 24.3 Å². The summed E-state index contributed by atoms with van der Waals surface area (Å²) >= 11 is 0. The Morgan fingerprint density at radius 2 is 1.83 bits per heavy atom. The van der Waals surface area contributed by atoms with E-state index in [0.29, 0.717) is 12.1 Å². The Morgan fingerprint density at radius 1 is 1.03 bits per heavy atom. The molecule has 1 atom stereocenters. The zero-order chi connectivity index (χ0) is 25.1. The summed E-state index contributed by atoms with van der Waals surface area (Å²) in [4.78, 5) is 61.6. The van der Waals surface area contributed by atoms with Crippen LogP contribution in [0.5, 0.6) is 0 Å². The van der Waals surface area contributed by atoms with Crippen LogP contribution in [-0.4, -0.2) is 40.5 Å². The first-order chi connectivity index (χ1) is 16.7. The van der Waals surface area contributed by atoms with Gasteiger partial charge in [-0.05, 0) is 42.7 Å². The van der Waals surface area contributed by atoms with Gasteiger partial charge in [0.05, 0.1) is 0 Å². The lowest BCUT2D eigenvalue weighted by atomic mass is 10.0. The Morgan fingerprint density at radius 3 is 2.57 bits per heavy atom. The number of carbonyl (C=O) groups is 5. The normalized spacial score (nSPS) is 17.8. The first-order valence-corrected chi connectivity index (χ1v) is 10.7. The molecule has 2 aliphatic heterocycles. The van der Waals surface area contributed by atoms with Gasteiger partial charge in [0.2, 0.25) is 17.7 Å². The van der Waals surface area contributed by atoms with Crippen LogP contribution in [-0.2, 0) is 30.4 Å². The number of benzene rings is 2. The lowest BCUT2D eigenvalue weighted by Gasteiger charge is -2.28. The van der Waals surface area contributed by atoms with Crippen molar-refractivity contribution in [3.05, 3.63) is 71.4 Å². The molecule has 5 amide bonds. The number of amides is 5. The largest absolute Gasteiger partial charge is 0.351 e. The van der Waals surface area contributed by atoms with Gasteiger partial charge in [0.25, 0.3) is 11.8 Å². The molecule has 0 aromatic heterocycles. The van der Waals surface area contributed by atoms with Crippen LogP contribution in [0.3, 0.4) is 0 Å². The standard InChI is InChI=1S/C24H20F2N4O5/c25-16-6-5-15(11-17(16)26)28-20(31)8-4-13-2-1-3-14(10-13)27-18-12-22(33)30(24(18)35)19-7-9-21(32)29-23(19)34/h1-3,5-6,10-12,19,27H,4,7-9H2,(H,28,31)(H,29,32,34). The number of nitrogens with zero attached hydrogens (tertiary/aromatic N) is 1. The summed E-state index contributed by atoms with van der Waals surface area (Å²) in [6.07, 6.45) is 1.56. The van der Waals surface area contributed by atoms with Gasteiger partial charge in [-0.2, -0.15) is 0 Å². The number of halogens is 2. The van der Waals surface area contributed by atoms with E-state index >= 15 is 0 Å². The summed E-state index contributed by atoms with van der Waals surface area (Å²) in [5.41, 5.74) is 1.35. The number of piperidine rings is 1. The molecule has 2 heterocycles. The lowest BCUT2D eigenvalue weighted by Crippen LogP contribution is -2.54. The van der Waals surface area contributed by atoms with E-state index in [9.17, 15) is 32.8 Å². The van der Waals surface area contributed by atoms with Crippen LogP contribution < -0.4 is 16.0 Å². The van der Waals surface area contributed by atoms with Crippen LogP contribution >= 0.6 is 0 Å². The molecule has 180 valence electrons. The Labute approximate surface area is 198 Å². The fourth-order valence-corrected chi connectivity index (χ4v) is 3.81. The third kappa shape index (κ3) is 5.40. The Balaban J connectivity index is 1.35. The average molecular weight is 482 g/mol.